The van der Waals surface area contributed by atoms with E-state index in [4.69, 9.17) is 11.5 Å². The minimum Gasteiger partial charge on any atom is -0.368 e. The van der Waals surface area contributed by atoms with Gasteiger partial charge >= 0.3 is 0 Å². The van der Waals surface area contributed by atoms with Crippen LogP contribution < -0.4 is 48.7 Å². The smallest absolute Gasteiger partial charge is 0.245 e. The second kappa shape index (κ2) is 18.2. The number of carbonyl (C=O) groups is 9. The zero-order valence-corrected chi connectivity index (χ0v) is 26.9. The maximum atomic E-state index is 13.1. The second-order valence-corrected chi connectivity index (χ2v) is 11.1. The number of likely N-dealkylation sites (tertiary alicyclic amines) is 1. The summed E-state index contributed by atoms with van der Waals surface area (Å²) >= 11 is 0. The van der Waals surface area contributed by atoms with Gasteiger partial charge in [0, 0.05) is 6.54 Å². The lowest BCUT2D eigenvalue weighted by Crippen LogP contribution is -2.57. The van der Waals surface area contributed by atoms with E-state index in [-0.39, 0.29) is 6.54 Å². The third-order valence-corrected chi connectivity index (χ3v) is 6.91. The molecule has 1 fully saturated rings. The van der Waals surface area contributed by atoms with E-state index in [2.05, 4.69) is 37.2 Å². The highest BCUT2D eigenvalue weighted by Gasteiger charge is 2.37. The van der Waals surface area contributed by atoms with Gasteiger partial charge in [-0.25, -0.2) is 0 Å². The van der Waals surface area contributed by atoms with Crippen LogP contribution in [0.1, 0.15) is 54.4 Å². The number of hydrogen-bond donors (Lipinski definition) is 9. The van der Waals surface area contributed by atoms with E-state index in [1.807, 2.05) is 0 Å². The Hall–Kier alpha value is -4.81. The Morgan fingerprint density at radius 1 is 0.630 bits per heavy atom. The van der Waals surface area contributed by atoms with Gasteiger partial charge in [0.2, 0.25) is 53.2 Å². The first kappa shape index (κ1) is 39.2. The fourth-order valence-corrected chi connectivity index (χ4v) is 4.09. The van der Waals surface area contributed by atoms with Crippen LogP contribution >= 0.6 is 0 Å². The van der Waals surface area contributed by atoms with E-state index in [0.29, 0.717) is 12.8 Å². The molecule has 0 spiro atoms. The Labute approximate surface area is 266 Å². The Morgan fingerprint density at radius 3 is 1.63 bits per heavy atom. The van der Waals surface area contributed by atoms with Gasteiger partial charge in [0.25, 0.3) is 0 Å². The average Bonchev–Trinajstić information content (AvgIpc) is 3.47. The largest absolute Gasteiger partial charge is 0.368 e. The molecule has 1 heterocycles. The molecule has 0 aliphatic carbocycles. The van der Waals surface area contributed by atoms with Gasteiger partial charge in [0.1, 0.15) is 36.3 Å². The van der Waals surface area contributed by atoms with Gasteiger partial charge in [-0.3, -0.25) is 43.2 Å². The van der Waals surface area contributed by atoms with Gasteiger partial charge in [-0.15, -0.1) is 0 Å². The SMILES string of the molecule is C[C@H](N)C(=O)N[C@@H](C)C(=O)NCC(=O)N[C@@H](C)C(=O)N[C@@H](C)C(=O)N[C@@H](C)C(=O)N1CCC[C@H]1C(=O)NCC(=O)N[C@@H](C)C(N)=O. The van der Waals surface area contributed by atoms with Crippen LogP contribution in [0.4, 0.5) is 0 Å². The fraction of sp³-hybridized carbons (Fsp3) is 0.667. The number of primary amides is 1. The second-order valence-electron chi connectivity index (χ2n) is 11.1. The maximum absolute atomic E-state index is 13.1. The molecular weight excluding hydrogens is 608 g/mol. The Morgan fingerprint density at radius 2 is 1.09 bits per heavy atom. The lowest BCUT2D eigenvalue weighted by Gasteiger charge is -2.28. The first-order valence-electron chi connectivity index (χ1n) is 14.8. The monoisotopic (exact) mass is 654 g/mol. The van der Waals surface area contributed by atoms with Crippen LogP contribution in [0.3, 0.4) is 0 Å². The lowest BCUT2D eigenvalue weighted by molar-refractivity contribution is -0.141. The van der Waals surface area contributed by atoms with Crippen LogP contribution in [-0.4, -0.2) is 120 Å². The van der Waals surface area contributed by atoms with Crippen molar-refractivity contribution in [3.8, 4) is 0 Å². The minimum absolute atomic E-state index is 0.243. The summed E-state index contributed by atoms with van der Waals surface area (Å²) < 4.78 is 0. The molecule has 0 radical (unpaired) electrons. The zero-order valence-electron chi connectivity index (χ0n) is 26.9. The van der Waals surface area contributed by atoms with E-state index in [1.165, 1.54) is 46.4 Å². The van der Waals surface area contributed by atoms with Crippen molar-refractivity contribution in [3.05, 3.63) is 0 Å². The summed E-state index contributed by atoms with van der Waals surface area (Å²) in [6.07, 6.45) is 0.846. The summed E-state index contributed by atoms with van der Waals surface area (Å²) in [6.45, 7) is 7.72. The minimum atomic E-state index is -1.12. The van der Waals surface area contributed by atoms with Crippen molar-refractivity contribution in [1.29, 1.82) is 0 Å². The molecule has 258 valence electrons. The number of carbonyl (C=O) groups excluding carboxylic acids is 9. The van der Waals surface area contributed by atoms with Crippen molar-refractivity contribution >= 4 is 53.2 Å². The fourth-order valence-electron chi connectivity index (χ4n) is 4.09. The van der Waals surface area contributed by atoms with Gasteiger partial charge in [0.15, 0.2) is 0 Å². The van der Waals surface area contributed by atoms with Crippen molar-refractivity contribution in [1.82, 2.24) is 42.1 Å². The van der Waals surface area contributed by atoms with Gasteiger partial charge in [-0.2, -0.15) is 0 Å². The van der Waals surface area contributed by atoms with Gasteiger partial charge in [0.05, 0.1) is 19.1 Å². The average molecular weight is 655 g/mol. The van der Waals surface area contributed by atoms with Crippen LogP contribution in [-0.2, 0) is 43.2 Å². The third kappa shape index (κ3) is 12.7. The molecule has 0 aromatic carbocycles. The Kier molecular flexibility index (Phi) is 15.5. The summed E-state index contributed by atoms with van der Waals surface area (Å²) in [5.41, 5.74) is 10.5. The summed E-state index contributed by atoms with van der Waals surface area (Å²) in [5.74, 6) is -5.83. The molecule has 11 N–H and O–H groups in total. The van der Waals surface area contributed by atoms with Gasteiger partial charge in [-0.05, 0) is 54.4 Å². The van der Waals surface area contributed by atoms with Crippen molar-refractivity contribution < 1.29 is 43.2 Å². The number of nitrogens with two attached hydrogens (primary N) is 2. The van der Waals surface area contributed by atoms with Crippen molar-refractivity contribution in [2.45, 2.75) is 96.7 Å². The maximum Gasteiger partial charge on any atom is 0.245 e. The molecule has 0 saturated carbocycles. The van der Waals surface area contributed by atoms with E-state index in [9.17, 15) is 43.2 Å². The highest BCUT2D eigenvalue weighted by molar-refractivity contribution is 5.97. The summed E-state index contributed by atoms with van der Waals surface area (Å²) in [6, 6.07) is -6.86. The van der Waals surface area contributed by atoms with Crippen LogP contribution in [0, 0.1) is 0 Å². The topological polar surface area (TPSA) is 293 Å². The molecule has 0 unspecified atom stereocenters. The quantitative estimate of drug-likeness (QED) is 0.0761. The third-order valence-electron chi connectivity index (χ3n) is 6.91. The molecule has 9 amide bonds. The van der Waals surface area contributed by atoms with E-state index < -0.39 is 109 Å². The number of amides is 9. The van der Waals surface area contributed by atoms with Crippen LogP contribution in [0.25, 0.3) is 0 Å². The van der Waals surface area contributed by atoms with E-state index in [0.717, 1.165) is 0 Å². The van der Waals surface area contributed by atoms with E-state index in [1.54, 1.807) is 0 Å². The number of nitrogens with zero attached hydrogens (tertiary/aromatic N) is 1. The molecule has 1 aliphatic heterocycles. The summed E-state index contributed by atoms with van der Waals surface area (Å²) in [5, 5.41) is 16.7. The molecule has 46 heavy (non-hydrogen) atoms. The number of hydrogen-bond acceptors (Lipinski definition) is 10. The molecule has 0 aromatic heterocycles. The molecule has 0 aromatic rings. The normalized spacial score (nSPS) is 17.9. The number of rotatable bonds is 16. The molecule has 0 bridgehead atoms. The van der Waals surface area contributed by atoms with Crippen molar-refractivity contribution in [2.24, 2.45) is 11.5 Å². The number of nitrogens with one attached hydrogen (secondary N) is 7. The molecule has 1 saturated heterocycles. The van der Waals surface area contributed by atoms with Crippen LogP contribution in [0.5, 0.6) is 0 Å². The van der Waals surface area contributed by atoms with Gasteiger partial charge in [-0.1, -0.05) is 0 Å². The standard InChI is InChI=1S/C27H46N10O9/c1-12(28)22(41)34-14(3)23(42)30-10-20(39)33-15(4)24(43)35-16(5)25(44)36-17(6)27(46)37-9-7-8-18(37)26(45)31-11-19(38)32-13(2)21(29)40/h12-18H,7-11,28H2,1-6H3,(H2,29,40)(H,30,42)(H,31,45)(H,32,38)(H,33,39)(H,34,41)(H,35,43)(H,36,44)/t12-,13-,14-,15-,16-,17-,18-/m0/s1. The highest BCUT2D eigenvalue weighted by atomic mass is 16.2. The van der Waals surface area contributed by atoms with Crippen LogP contribution in [0.2, 0.25) is 0 Å². The Balaban J connectivity index is 2.55. The van der Waals surface area contributed by atoms with Crippen molar-refractivity contribution in [2.75, 3.05) is 19.6 Å². The molecule has 1 aliphatic rings. The molecule has 19 nitrogen and oxygen atoms in total. The molecule has 19 heteroatoms. The van der Waals surface area contributed by atoms with E-state index >= 15 is 0 Å². The zero-order chi connectivity index (χ0) is 35.3. The molecule has 1 rings (SSSR count). The molecular formula is C27H46N10O9. The van der Waals surface area contributed by atoms with Crippen LogP contribution in [0.15, 0.2) is 0 Å². The molecule has 7 atom stereocenters. The predicted molar refractivity (Wildman–Crippen MR) is 162 cm³/mol. The first-order chi connectivity index (χ1) is 21.3. The highest BCUT2D eigenvalue weighted by Crippen LogP contribution is 2.18. The van der Waals surface area contributed by atoms with Crippen molar-refractivity contribution in [3.63, 3.8) is 0 Å². The lowest BCUT2D eigenvalue weighted by atomic mass is 10.1. The summed E-state index contributed by atoms with van der Waals surface area (Å²) in [7, 11) is 0. The Bertz CT molecular complexity index is 1190. The first-order valence-corrected chi connectivity index (χ1v) is 14.8. The summed E-state index contributed by atoms with van der Waals surface area (Å²) in [4.78, 5) is 111. The predicted octanol–water partition coefficient (Wildman–Crippen LogP) is -5.43. The van der Waals surface area contributed by atoms with Gasteiger partial charge < -0.3 is 53.6 Å².